The van der Waals surface area contributed by atoms with E-state index in [1.54, 1.807) is 18.7 Å². The molecule has 7 heteroatoms. The van der Waals surface area contributed by atoms with Gasteiger partial charge in [0.05, 0.1) is 0 Å². The van der Waals surface area contributed by atoms with Crippen molar-refractivity contribution in [2.75, 3.05) is 11.4 Å². The Labute approximate surface area is 119 Å². The third kappa shape index (κ3) is 3.98. The summed E-state index contributed by atoms with van der Waals surface area (Å²) in [5.41, 5.74) is 1.22. The van der Waals surface area contributed by atoms with E-state index >= 15 is 0 Å². The van der Waals surface area contributed by atoms with Gasteiger partial charge in [-0.3, -0.25) is 0 Å². The van der Waals surface area contributed by atoms with E-state index in [1.165, 1.54) is 18.2 Å². The van der Waals surface area contributed by atoms with Crippen LogP contribution in [0.2, 0.25) is 0 Å². The third-order valence-corrected chi connectivity index (χ3v) is 3.56. The molecule has 0 aliphatic carbocycles. The Kier molecular flexibility index (Phi) is 4.04. The van der Waals surface area contributed by atoms with E-state index in [9.17, 15) is 22.0 Å². The van der Waals surface area contributed by atoms with Crippen molar-refractivity contribution in [1.82, 2.24) is 0 Å². The summed E-state index contributed by atoms with van der Waals surface area (Å²) in [6.45, 7) is 3.50. The molecule has 1 unspecified atom stereocenters. The minimum atomic E-state index is -4.74. The number of ether oxygens (including phenoxy) is 1. The van der Waals surface area contributed by atoms with Crippen molar-refractivity contribution < 1.29 is 26.7 Å². The first-order valence-corrected chi connectivity index (χ1v) is 6.58. The smallest absolute Gasteiger partial charge is 0.406 e. The monoisotopic (exact) mass is 309 g/mol. The predicted octanol–water partition coefficient (Wildman–Crippen LogP) is 4.52. The molecular weight excluding hydrogens is 293 g/mol. The molecule has 1 heterocycles. The summed E-state index contributed by atoms with van der Waals surface area (Å²) in [6, 6.07) is 3.58. The van der Waals surface area contributed by atoms with E-state index in [1.807, 2.05) is 0 Å². The van der Waals surface area contributed by atoms with Crippen LogP contribution in [0.15, 0.2) is 18.2 Å². The second-order valence-electron chi connectivity index (χ2n) is 5.35. The molecule has 0 radical (unpaired) electrons. The van der Waals surface area contributed by atoms with Gasteiger partial charge in [-0.15, -0.1) is 13.2 Å². The van der Waals surface area contributed by atoms with Crippen LogP contribution in [0.1, 0.15) is 25.3 Å². The Hall–Kier alpha value is -1.53. The molecule has 21 heavy (non-hydrogen) atoms. The van der Waals surface area contributed by atoms with Gasteiger partial charge in [-0.1, -0.05) is 0 Å². The molecule has 1 aromatic carbocycles. The Bertz CT molecular complexity index is 515. The molecule has 1 fully saturated rings. The van der Waals surface area contributed by atoms with Crippen LogP contribution in [0.4, 0.5) is 27.6 Å². The highest BCUT2D eigenvalue weighted by atomic mass is 19.4. The quantitative estimate of drug-likeness (QED) is 0.745. The zero-order valence-corrected chi connectivity index (χ0v) is 11.7. The van der Waals surface area contributed by atoms with Gasteiger partial charge in [0, 0.05) is 31.1 Å². The highest BCUT2D eigenvalue weighted by molar-refractivity contribution is 5.56. The lowest BCUT2D eigenvalue weighted by Gasteiger charge is -2.39. The molecule has 0 amide bonds. The summed E-state index contributed by atoms with van der Waals surface area (Å²) in [5.74, 6) is -2.98. The number of alkyl halides is 5. The molecule has 0 N–H and O–H groups in total. The molecule has 1 aromatic rings. The molecule has 0 bridgehead atoms. The summed E-state index contributed by atoms with van der Waals surface area (Å²) in [6.07, 6.45) is -5.25. The summed E-state index contributed by atoms with van der Waals surface area (Å²) in [4.78, 5) is 1.80. The average Bonchev–Trinajstić information content (AvgIpc) is 2.27. The molecule has 0 aromatic heterocycles. The highest BCUT2D eigenvalue weighted by Gasteiger charge is 2.38. The summed E-state index contributed by atoms with van der Waals surface area (Å²) in [5, 5.41) is 0. The summed E-state index contributed by atoms with van der Waals surface area (Å²) in [7, 11) is 0. The molecule has 1 aliphatic rings. The fraction of sp³-hybridized carbons (Fsp3) is 0.571. The Morgan fingerprint density at radius 3 is 2.48 bits per heavy atom. The van der Waals surface area contributed by atoms with Gasteiger partial charge in [0.2, 0.25) is 0 Å². The van der Waals surface area contributed by atoms with Crippen molar-refractivity contribution in [2.24, 2.45) is 0 Å². The Morgan fingerprint density at radius 2 is 1.95 bits per heavy atom. The van der Waals surface area contributed by atoms with Crippen molar-refractivity contribution >= 4 is 5.69 Å². The minimum absolute atomic E-state index is 0.175. The maximum atomic E-state index is 13.3. The van der Waals surface area contributed by atoms with Crippen LogP contribution >= 0.6 is 0 Å². The van der Waals surface area contributed by atoms with Gasteiger partial charge in [-0.25, -0.2) is 8.78 Å². The van der Waals surface area contributed by atoms with Gasteiger partial charge < -0.3 is 9.64 Å². The van der Waals surface area contributed by atoms with E-state index < -0.39 is 12.3 Å². The van der Waals surface area contributed by atoms with Gasteiger partial charge in [0.1, 0.15) is 5.75 Å². The lowest BCUT2D eigenvalue weighted by Crippen LogP contribution is -2.45. The fourth-order valence-electron chi connectivity index (χ4n) is 2.65. The lowest BCUT2D eigenvalue weighted by atomic mass is 9.98. The zero-order valence-electron chi connectivity index (χ0n) is 11.7. The molecule has 1 saturated heterocycles. The van der Waals surface area contributed by atoms with Crippen LogP contribution in [0.5, 0.6) is 5.75 Å². The molecule has 1 atom stereocenters. The van der Waals surface area contributed by atoms with Crippen molar-refractivity contribution in [3.8, 4) is 5.75 Å². The van der Waals surface area contributed by atoms with E-state index in [0.29, 0.717) is 11.3 Å². The summed E-state index contributed by atoms with van der Waals surface area (Å²) < 4.78 is 67.0. The van der Waals surface area contributed by atoms with Crippen LogP contribution < -0.4 is 9.64 Å². The fourth-order valence-corrected chi connectivity index (χ4v) is 2.65. The van der Waals surface area contributed by atoms with Gasteiger partial charge in [0.15, 0.2) is 0 Å². The predicted molar refractivity (Wildman–Crippen MR) is 68.9 cm³/mol. The van der Waals surface area contributed by atoms with Gasteiger partial charge in [0.25, 0.3) is 5.92 Å². The molecule has 0 spiro atoms. The number of hydrogen-bond donors (Lipinski definition) is 0. The normalized spacial score (nSPS) is 22.2. The SMILES string of the molecule is Cc1cc(OC(F)(F)F)ccc1N1CCC(F)(F)CC1C. The van der Waals surface area contributed by atoms with E-state index in [4.69, 9.17) is 0 Å². The number of aryl methyl sites for hydroxylation is 1. The van der Waals surface area contributed by atoms with E-state index in [-0.39, 0.29) is 31.2 Å². The largest absolute Gasteiger partial charge is 0.573 e. The maximum absolute atomic E-state index is 13.3. The topological polar surface area (TPSA) is 12.5 Å². The number of benzene rings is 1. The number of anilines is 1. The van der Waals surface area contributed by atoms with Crippen LogP contribution in [-0.4, -0.2) is 24.9 Å². The standard InChI is InChI=1S/C14H16F5NO/c1-9-7-11(21-14(17,18)19)3-4-12(9)20-6-5-13(15,16)8-10(20)2/h3-4,7,10H,5-6,8H2,1-2H3. The van der Waals surface area contributed by atoms with Gasteiger partial charge in [-0.2, -0.15) is 0 Å². The van der Waals surface area contributed by atoms with Crippen LogP contribution in [0.3, 0.4) is 0 Å². The second kappa shape index (κ2) is 5.35. The zero-order chi connectivity index (χ0) is 15.8. The Morgan fingerprint density at radius 1 is 1.29 bits per heavy atom. The second-order valence-corrected chi connectivity index (χ2v) is 5.35. The van der Waals surface area contributed by atoms with Gasteiger partial charge in [-0.05, 0) is 37.6 Å². The maximum Gasteiger partial charge on any atom is 0.573 e. The molecule has 0 saturated carbocycles. The number of nitrogens with zero attached hydrogens (tertiary/aromatic N) is 1. The molecule has 2 rings (SSSR count). The number of piperidine rings is 1. The van der Waals surface area contributed by atoms with Crippen LogP contribution in [0.25, 0.3) is 0 Å². The lowest BCUT2D eigenvalue weighted by molar-refractivity contribution is -0.274. The first-order chi connectivity index (χ1) is 9.57. The Balaban J connectivity index is 2.18. The van der Waals surface area contributed by atoms with Gasteiger partial charge >= 0.3 is 6.36 Å². The molecule has 118 valence electrons. The van der Waals surface area contributed by atoms with Crippen molar-refractivity contribution in [3.63, 3.8) is 0 Å². The first kappa shape index (κ1) is 15.9. The molecule has 2 nitrogen and oxygen atoms in total. The average molecular weight is 309 g/mol. The van der Waals surface area contributed by atoms with Crippen molar-refractivity contribution in [2.45, 2.75) is 45.0 Å². The number of halogens is 5. The van der Waals surface area contributed by atoms with E-state index in [0.717, 1.165) is 0 Å². The number of rotatable bonds is 2. The number of hydrogen-bond acceptors (Lipinski definition) is 2. The highest BCUT2D eigenvalue weighted by Crippen LogP contribution is 2.36. The minimum Gasteiger partial charge on any atom is -0.406 e. The van der Waals surface area contributed by atoms with E-state index in [2.05, 4.69) is 4.74 Å². The molecular formula is C14H16F5NO. The van der Waals surface area contributed by atoms with Crippen LogP contribution in [0, 0.1) is 6.92 Å². The first-order valence-electron chi connectivity index (χ1n) is 6.58. The van der Waals surface area contributed by atoms with Crippen molar-refractivity contribution in [3.05, 3.63) is 23.8 Å². The third-order valence-electron chi connectivity index (χ3n) is 3.56. The molecule has 1 aliphatic heterocycles. The van der Waals surface area contributed by atoms with Crippen LogP contribution in [-0.2, 0) is 0 Å². The van der Waals surface area contributed by atoms with Crippen molar-refractivity contribution in [1.29, 1.82) is 0 Å². The summed E-state index contributed by atoms with van der Waals surface area (Å²) >= 11 is 0.